The van der Waals surface area contributed by atoms with Crippen LogP contribution in [-0.2, 0) is 24.3 Å². The first-order valence-corrected chi connectivity index (χ1v) is 7.95. The van der Waals surface area contributed by atoms with Gasteiger partial charge in [0.2, 0.25) is 5.91 Å². The Hall–Kier alpha value is -1.62. The molecule has 5 heteroatoms. The first-order chi connectivity index (χ1) is 10.1. The number of imidazole rings is 1. The smallest absolute Gasteiger partial charge is 0.223 e. The van der Waals surface area contributed by atoms with Crippen molar-refractivity contribution in [3.05, 3.63) is 52.0 Å². The Morgan fingerprint density at radius 3 is 3.19 bits per heavy atom. The van der Waals surface area contributed by atoms with E-state index in [1.165, 1.54) is 5.56 Å². The Morgan fingerprint density at radius 1 is 1.52 bits per heavy atom. The molecule has 2 aromatic rings. The average Bonchev–Trinajstić information content (AvgIpc) is 2.93. The van der Waals surface area contributed by atoms with Crippen LogP contribution < -0.4 is 5.32 Å². The lowest BCUT2D eigenvalue weighted by Crippen LogP contribution is -2.35. The Morgan fingerprint density at radius 2 is 2.38 bits per heavy atom. The van der Waals surface area contributed by atoms with Gasteiger partial charge in [0.15, 0.2) is 0 Å². The molecule has 1 aromatic carbocycles. The number of halogens is 1. The number of rotatable bonds is 3. The second kappa shape index (κ2) is 6.02. The van der Waals surface area contributed by atoms with Gasteiger partial charge in [-0.3, -0.25) is 4.79 Å². The number of amides is 1. The van der Waals surface area contributed by atoms with E-state index >= 15 is 0 Å². The third-order valence-corrected chi connectivity index (χ3v) is 4.57. The van der Waals surface area contributed by atoms with Crippen molar-refractivity contribution in [3.8, 4) is 0 Å². The summed E-state index contributed by atoms with van der Waals surface area (Å²) in [7, 11) is 0. The molecule has 0 fully saturated rings. The lowest BCUT2D eigenvalue weighted by atomic mass is 9.96. The fourth-order valence-corrected chi connectivity index (χ4v) is 3.23. The average molecular weight is 348 g/mol. The van der Waals surface area contributed by atoms with Crippen LogP contribution in [0.5, 0.6) is 0 Å². The minimum atomic E-state index is 0.0376. The number of hydrogen-bond acceptors (Lipinski definition) is 2. The standard InChI is InChI=1S/C16H18BrN3O/c1-11-8-14(17)3-2-13(11)10-19-16(21)12-4-6-20-7-5-18-15(20)9-12/h2-3,5,7-8,12H,4,6,9-10H2,1H3,(H,19,21). The molecular weight excluding hydrogens is 330 g/mol. The maximum atomic E-state index is 12.3. The number of carbonyl (C=O) groups is 1. The summed E-state index contributed by atoms with van der Waals surface area (Å²) in [4.78, 5) is 16.6. The van der Waals surface area contributed by atoms with Gasteiger partial charge in [-0.2, -0.15) is 0 Å². The minimum Gasteiger partial charge on any atom is -0.352 e. The Balaban J connectivity index is 1.60. The lowest BCUT2D eigenvalue weighted by Gasteiger charge is -2.22. The molecule has 1 amide bonds. The fourth-order valence-electron chi connectivity index (χ4n) is 2.76. The van der Waals surface area contributed by atoms with Crippen molar-refractivity contribution < 1.29 is 4.79 Å². The second-order valence-corrected chi connectivity index (χ2v) is 6.43. The normalized spacial score (nSPS) is 17.3. The summed E-state index contributed by atoms with van der Waals surface area (Å²) >= 11 is 3.45. The predicted octanol–water partition coefficient (Wildman–Crippen LogP) is 2.83. The third-order valence-electron chi connectivity index (χ3n) is 4.08. The molecular formula is C16H18BrN3O. The van der Waals surface area contributed by atoms with Gasteiger partial charge in [-0.15, -0.1) is 0 Å². The quantitative estimate of drug-likeness (QED) is 0.927. The highest BCUT2D eigenvalue weighted by Crippen LogP contribution is 2.20. The fraction of sp³-hybridized carbons (Fsp3) is 0.375. The number of nitrogens with one attached hydrogen (secondary N) is 1. The summed E-state index contributed by atoms with van der Waals surface area (Å²) in [5, 5.41) is 3.06. The number of aryl methyl sites for hydroxylation is 2. The van der Waals surface area contributed by atoms with Gasteiger partial charge in [0.05, 0.1) is 0 Å². The molecule has 1 atom stereocenters. The molecule has 0 radical (unpaired) electrons. The number of fused-ring (bicyclic) bond motifs is 1. The lowest BCUT2D eigenvalue weighted by molar-refractivity contribution is -0.125. The van der Waals surface area contributed by atoms with E-state index in [2.05, 4.69) is 43.8 Å². The first-order valence-electron chi connectivity index (χ1n) is 7.16. The number of benzene rings is 1. The van der Waals surface area contributed by atoms with Gasteiger partial charge in [-0.1, -0.05) is 22.0 Å². The SMILES string of the molecule is Cc1cc(Br)ccc1CNC(=O)C1CCn2ccnc2C1. The highest BCUT2D eigenvalue weighted by Gasteiger charge is 2.25. The van der Waals surface area contributed by atoms with Gasteiger partial charge in [0.25, 0.3) is 0 Å². The van der Waals surface area contributed by atoms with E-state index < -0.39 is 0 Å². The van der Waals surface area contributed by atoms with Crippen LogP contribution >= 0.6 is 15.9 Å². The molecule has 2 heterocycles. The summed E-state index contributed by atoms with van der Waals surface area (Å²) in [5.74, 6) is 1.18. The number of nitrogens with zero attached hydrogens (tertiary/aromatic N) is 2. The van der Waals surface area contributed by atoms with E-state index in [9.17, 15) is 4.79 Å². The predicted molar refractivity (Wildman–Crippen MR) is 84.8 cm³/mol. The molecule has 0 saturated heterocycles. The molecule has 0 aliphatic carbocycles. The molecule has 0 saturated carbocycles. The van der Waals surface area contributed by atoms with Crippen LogP contribution in [0.15, 0.2) is 35.1 Å². The molecule has 3 rings (SSSR count). The van der Waals surface area contributed by atoms with E-state index in [0.717, 1.165) is 35.2 Å². The van der Waals surface area contributed by atoms with Gasteiger partial charge in [0, 0.05) is 42.3 Å². The van der Waals surface area contributed by atoms with Crippen LogP contribution in [0.3, 0.4) is 0 Å². The van der Waals surface area contributed by atoms with E-state index in [4.69, 9.17) is 0 Å². The zero-order chi connectivity index (χ0) is 14.8. The van der Waals surface area contributed by atoms with Crippen molar-refractivity contribution in [1.82, 2.24) is 14.9 Å². The summed E-state index contributed by atoms with van der Waals surface area (Å²) in [6.45, 7) is 3.53. The van der Waals surface area contributed by atoms with Gasteiger partial charge >= 0.3 is 0 Å². The molecule has 110 valence electrons. The Kier molecular flexibility index (Phi) is 4.10. The Bertz CT molecular complexity index is 665. The molecule has 0 spiro atoms. The van der Waals surface area contributed by atoms with Crippen LogP contribution in [0.25, 0.3) is 0 Å². The van der Waals surface area contributed by atoms with Crippen LogP contribution in [0.1, 0.15) is 23.4 Å². The monoisotopic (exact) mass is 347 g/mol. The summed E-state index contributed by atoms with van der Waals surface area (Å²) in [6.07, 6.45) is 5.40. The maximum Gasteiger partial charge on any atom is 0.223 e. The molecule has 1 unspecified atom stereocenters. The molecule has 1 N–H and O–H groups in total. The van der Waals surface area contributed by atoms with E-state index in [0.29, 0.717) is 6.54 Å². The van der Waals surface area contributed by atoms with Crippen LogP contribution in [-0.4, -0.2) is 15.5 Å². The third kappa shape index (κ3) is 3.18. The summed E-state index contributed by atoms with van der Waals surface area (Å²) in [5.41, 5.74) is 2.34. The van der Waals surface area contributed by atoms with Crippen LogP contribution in [0, 0.1) is 12.8 Å². The maximum absolute atomic E-state index is 12.3. The summed E-state index contributed by atoms with van der Waals surface area (Å²) in [6, 6.07) is 6.12. The van der Waals surface area contributed by atoms with Crippen molar-refractivity contribution in [1.29, 1.82) is 0 Å². The van der Waals surface area contributed by atoms with Gasteiger partial charge in [-0.25, -0.2) is 4.98 Å². The Labute approximate surface area is 132 Å². The van der Waals surface area contributed by atoms with Crippen molar-refractivity contribution in [3.63, 3.8) is 0 Å². The van der Waals surface area contributed by atoms with Gasteiger partial charge in [0.1, 0.15) is 5.82 Å². The minimum absolute atomic E-state index is 0.0376. The number of hydrogen-bond donors (Lipinski definition) is 1. The largest absolute Gasteiger partial charge is 0.352 e. The van der Waals surface area contributed by atoms with E-state index in [-0.39, 0.29) is 11.8 Å². The number of carbonyl (C=O) groups excluding carboxylic acids is 1. The molecule has 1 aliphatic rings. The first kappa shape index (κ1) is 14.3. The van der Waals surface area contributed by atoms with Crippen LogP contribution in [0.4, 0.5) is 0 Å². The summed E-state index contributed by atoms with van der Waals surface area (Å²) < 4.78 is 3.19. The zero-order valence-electron chi connectivity index (χ0n) is 12.0. The number of aromatic nitrogens is 2. The van der Waals surface area contributed by atoms with Crippen molar-refractivity contribution in [2.24, 2.45) is 5.92 Å². The van der Waals surface area contributed by atoms with Crippen molar-refractivity contribution in [2.75, 3.05) is 0 Å². The topological polar surface area (TPSA) is 46.9 Å². The van der Waals surface area contributed by atoms with Gasteiger partial charge < -0.3 is 9.88 Å². The van der Waals surface area contributed by atoms with Crippen molar-refractivity contribution in [2.45, 2.75) is 32.9 Å². The van der Waals surface area contributed by atoms with Gasteiger partial charge in [-0.05, 0) is 36.6 Å². The van der Waals surface area contributed by atoms with Crippen molar-refractivity contribution >= 4 is 21.8 Å². The molecule has 1 aliphatic heterocycles. The van der Waals surface area contributed by atoms with E-state index in [1.54, 1.807) is 6.20 Å². The molecule has 0 bridgehead atoms. The van der Waals surface area contributed by atoms with Crippen LogP contribution in [0.2, 0.25) is 0 Å². The second-order valence-electron chi connectivity index (χ2n) is 5.52. The molecule has 21 heavy (non-hydrogen) atoms. The molecule has 1 aromatic heterocycles. The highest BCUT2D eigenvalue weighted by atomic mass is 79.9. The zero-order valence-corrected chi connectivity index (χ0v) is 13.6. The highest BCUT2D eigenvalue weighted by molar-refractivity contribution is 9.10. The molecule has 4 nitrogen and oxygen atoms in total. The van der Waals surface area contributed by atoms with E-state index in [1.807, 2.05) is 18.3 Å².